The monoisotopic (exact) mass is 381 g/mol. The molecule has 144 valence electrons. The van der Waals surface area contributed by atoms with Gasteiger partial charge in [-0.05, 0) is 38.1 Å². The maximum absolute atomic E-state index is 12.1. The molecule has 0 atom stereocenters. The number of carbonyl (C=O) groups excluding carboxylic acids is 2. The van der Waals surface area contributed by atoms with Gasteiger partial charge in [0.1, 0.15) is 0 Å². The molecule has 0 unspecified atom stereocenters. The summed E-state index contributed by atoms with van der Waals surface area (Å²) >= 11 is 0. The SMILES string of the molecule is CCOC(=O)Nc1ccc(C(=O)OCc2nc(-c3ccc(C)cc3)no2)cc1. The molecule has 0 aliphatic heterocycles. The summed E-state index contributed by atoms with van der Waals surface area (Å²) < 4.78 is 15.1. The number of benzene rings is 2. The average Bonchev–Trinajstić information content (AvgIpc) is 3.16. The van der Waals surface area contributed by atoms with Crippen LogP contribution in [0.4, 0.5) is 10.5 Å². The number of aryl methyl sites for hydroxylation is 1. The zero-order valence-electron chi connectivity index (χ0n) is 15.5. The zero-order valence-corrected chi connectivity index (χ0v) is 15.5. The number of esters is 1. The van der Waals surface area contributed by atoms with Crippen LogP contribution < -0.4 is 5.32 Å². The van der Waals surface area contributed by atoms with Gasteiger partial charge in [-0.15, -0.1) is 0 Å². The van der Waals surface area contributed by atoms with Gasteiger partial charge in [-0.25, -0.2) is 9.59 Å². The number of amides is 1. The fourth-order valence-corrected chi connectivity index (χ4v) is 2.32. The zero-order chi connectivity index (χ0) is 19.9. The highest BCUT2D eigenvalue weighted by atomic mass is 16.6. The van der Waals surface area contributed by atoms with Crippen molar-refractivity contribution in [3.05, 3.63) is 65.5 Å². The Balaban J connectivity index is 1.55. The number of nitrogens with zero attached hydrogens (tertiary/aromatic N) is 2. The van der Waals surface area contributed by atoms with Crippen LogP contribution in [0.15, 0.2) is 53.1 Å². The van der Waals surface area contributed by atoms with E-state index < -0.39 is 12.1 Å². The molecular weight excluding hydrogens is 362 g/mol. The molecule has 0 radical (unpaired) electrons. The van der Waals surface area contributed by atoms with E-state index in [0.29, 0.717) is 17.1 Å². The summed E-state index contributed by atoms with van der Waals surface area (Å²) in [5, 5.41) is 6.43. The Labute approximate surface area is 161 Å². The Morgan fingerprint density at radius 3 is 2.43 bits per heavy atom. The average molecular weight is 381 g/mol. The van der Waals surface area contributed by atoms with Gasteiger partial charge in [0.2, 0.25) is 5.82 Å². The van der Waals surface area contributed by atoms with Crippen LogP contribution in [-0.2, 0) is 16.1 Å². The minimum atomic E-state index is -0.557. The van der Waals surface area contributed by atoms with Crippen molar-refractivity contribution < 1.29 is 23.6 Å². The molecule has 0 bridgehead atoms. The second kappa shape index (κ2) is 8.81. The number of anilines is 1. The standard InChI is InChI=1S/C20H19N3O5/c1-3-26-20(25)21-16-10-8-15(9-11-16)19(24)27-12-17-22-18(23-28-17)14-6-4-13(2)5-7-14/h4-11H,3,12H2,1-2H3,(H,21,25). The van der Waals surface area contributed by atoms with Gasteiger partial charge in [0.05, 0.1) is 12.2 Å². The van der Waals surface area contributed by atoms with Crippen molar-refractivity contribution in [3.63, 3.8) is 0 Å². The Morgan fingerprint density at radius 2 is 1.75 bits per heavy atom. The van der Waals surface area contributed by atoms with Crippen molar-refractivity contribution in [3.8, 4) is 11.4 Å². The molecule has 0 fully saturated rings. The van der Waals surface area contributed by atoms with E-state index in [9.17, 15) is 9.59 Å². The highest BCUT2D eigenvalue weighted by Gasteiger charge is 2.13. The Kier molecular flexibility index (Phi) is 6.01. The van der Waals surface area contributed by atoms with E-state index in [4.69, 9.17) is 14.0 Å². The lowest BCUT2D eigenvalue weighted by molar-refractivity contribution is 0.0430. The fraction of sp³-hybridized carbons (Fsp3) is 0.200. The van der Waals surface area contributed by atoms with Crippen molar-refractivity contribution >= 4 is 17.7 Å². The molecule has 0 spiro atoms. The third kappa shape index (κ3) is 4.94. The van der Waals surface area contributed by atoms with E-state index in [2.05, 4.69) is 15.5 Å². The summed E-state index contributed by atoms with van der Waals surface area (Å²) in [4.78, 5) is 27.7. The van der Waals surface area contributed by atoms with E-state index >= 15 is 0 Å². The largest absolute Gasteiger partial charge is 0.452 e. The first-order valence-electron chi connectivity index (χ1n) is 8.65. The third-order valence-electron chi connectivity index (χ3n) is 3.75. The fourth-order valence-electron chi connectivity index (χ4n) is 2.32. The van der Waals surface area contributed by atoms with E-state index in [0.717, 1.165) is 11.1 Å². The van der Waals surface area contributed by atoms with Gasteiger partial charge in [0.15, 0.2) is 6.61 Å². The normalized spacial score (nSPS) is 10.4. The molecule has 8 heteroatoms. The molecule has 1 aromatic heterocycles. The first-order chi connectivity index (χ1) is 13.5. The van der Waals surface area contributed by atoms with Gasteiger partial charge in [-0.2, -0.15) is 4.98 Å². The molecule has 0 saturated carbocycles. The minimum absolute atomic E-state index is 0.138. The van der Waals surface area contributed by atoms with Crippen LogP contribution in [0.2, 0.25) is 0 Å². The maximum atomic E-state index is 12.1. The molecule has 28 heavy (non-hydrogen) atoms. The Morgan fingerprint density at radius 1 is 1.04 bits per heavy atom. The summed E-state index contributed by atoms with van der Waals surface area (Å²) in [5.41, 5.74) is 2.78. The predicted molar refractivity (Wildman–Crippen MR) is 101 cm³/mol. The van der Waals surface area contributed by atoms with Crippen LogP contribution in [0.3, 0.4) is 0 Å². The summed E-state index contributed by atoms with van der Waals surface area (Å²) in [7, 11) is 0. The summed E-state index contributed by atoms with van der Waals surface area (Å²) in [6, 6.07) is 13.9. The van der Waals surface area contributed by atoms with Crippen LogP contribution in [0.1, 0.15) is 28.7 Å². The minimum Gasteiger partial charge on any atom is -0.452 e. The summed E-state index contributed by atoms with van der Waals surface area (Å²) in [6.07, 6.45) is -0.557. The second-order valence-electron chi connectivity index (χ2n) is 5.88. The predicted octanol–water partition coefficient (Wildman–Crippen LogP) is 3.97. The Bertz CT molecular complexity index is 949. The Hall–Kier alpha value is -3.68. The lowest BCUT2D eigenvalue weighted by Gasteiger charge is -2.06. The molecule has 0 aliphatic carbocycles. The van der Waals surface area contributed by atoms with Crippen LogP contribution in [0.25, 0.3) is 11.4 Å². The highest BCUT2D eigenvalue weighted by molar-refractivity contribution is 5.91. The van der Waals surface area contributed by atoms with Crippen LogP contribution in [0.5, 0.6) is 0 Å². The van der Waals surface area contributed by atoms with E-state index in [1.165, 1.54) is 12.1 Å². The summed E-state index contributed by atoms with van der Waals surface area (Å²) in [6.45, 7) is 3.84. The molecule has 1 N–H and O–H groups in total. The van der Waals surface area contributed by atoms with Gasteiger partial charge < -0.3 is 14.0 Å². The molecule has 8 nitrogen and oxygen atoms in total. The highest BCUT2D eigenvalue weighted by Crippen LogP contribution is 2.17. The number of carbonyl (C=O) groups is 2. The molecule has 3 aromatic rings. The molecule has 0 saturated heterocycles. The number of ether oxygens (including phenoxy) is 2. The van der Waals surface area contributed by atoms with Gasteiger partial charge in [-0.1, -0.05) is 35.0 Å². The van der Waals surface area contributed by atoms with Crippen LogP contribution in [0, 0.1) is 6.92 Å². The van der Waals surface area contributed by atoms with Crippen LogP contribution in [-0.4, -0.2) is 28.8 Å². The molecular formula is C20H19N3O5. The topological polar surface area (TPSA) is 104 Å². The van der Waals surface area contributed by atoms with Gasteiger partial charge >= 0.3 is 12.1 Å². The quantitative estimate of drug-likeness (QED) is 0.644. The van der Waals surface area contributed by atoms with E-state index in [-0.39, 0.29) is 19.1 Å². The molecule has 2 aromatic carbocycles. The second-order valence-corrected chi connectivity index (χ2v) is 5.88. The third-order valence-corrected chi connectivity index (χ3v) is 3.75. The molecule has 3 rings (SSSR count). The van der Waals surface area contributed by atoms with Gasteiger partial charge in [0, 0.05) is 11.3 Å². The summed E-state index contributed by atoms with van der Waals surface area (Å²) in [5.74, 6) is 0.0859. The van der Waals surface area contributed by atoms with Gasteiger partial charge in [-0.3, -0.25) is 5.32 Å². The number of nitrogens with one attached hydrogen (secondary N) is 1. The lowest BCUT2D eigenvalue weighted by atomic mass is 10.1. The number of rotatable bonds is 6. The van der Waals surface area contributed by atoms with Crippen molar-refractivity contribution in [2.75, 3.05) is 11.9 Å². The number of hydrogen-bond donors (Lipinski definition) is 1. The maximum Gasteiger partial charge on any atom is 0.411 e. The van der Waals surface area contributed by atoms with Crippen molar-refractivity contribution in [1.82, 2.24) is 10.1 Å². The van der Waals surface area contributed by atoms with E-state index in [1.807, 2.05) is 31.2 Å². The molecule has 1 heterocycles. The molecule has 1 amide bonds. The van der Waals surface area contributed by atoms with Gasteiger partial charge in [0.25, 0.3) is 5.89 Å². The first kappa shape index (κ1) is 19.1. The first-order valence-corrected chi connectivity index (χ1v) is 8.65. The van der Waals surface area contributed by atoms with E-state index in [1.54, 1.807) is 19.1 Å². The smallest absolute Gasteiger partial charge is 0.411 e. The number of aromatic nitrogens is 2. The van der Waals surface area contributed by atoms with Crippen LogP contribution >= 0.6 is 0 Å². The number of hydrogen-bond acceptors (Lipinski definition) is 7. The van der Waals surface area contributed by atoms with Crippen molar-refractivity contribution in [2.45, 2.75) is 20.5 Å². The molecule has 0 aliphatic rings. The van der Waals surface area contributed by atoms with Crippen molar-refractivity contribution in [2.24, 2.45) is 0 Å². The lowest BCUT2D eigenvalue weighted by Crippen LogP contribution is -2.13. The van der Waals surface area contributed by atoms with Crippen molar-refractivity contribution in [1.29, 1.82) is 0 Å².